The van der Waals surface area contributed by atoms with Crippen LogP contribution in [-0.2, 0) is 21.1 Å². The highest BCUT2D eigenvalue weighted by Crippen LogP contribution is 2.22. The van der Waals surface area contributed by atoms with Crippen LogP contribution in [0.2, 0.25) is 0 Å². The van der Waals surface area contributed by atoms with Gasteiger partial charge in [-0.05, 0) is 30.7 Å². The summed E-state index contributed by atoms with van der Waals surface area (Å²) in [5.41, 5.74) is 1.84. The molecule has 3 aromatic rings. The van der Waals surface area contributed by atoms with E-state index in [9.17, 15) is 18.0 Å². The zero-order chi connectivity index (χ0) is 21.3. The van der Waals surface area contributed by atoms with Gasteiger partial charge < -0.3 is 4.98 Å². The molecule has 0 atom stereocenters. The minimum absolute atomic E-state index is 0.0309. The zero-order valence-electron chi connectivity index (χ0n) is 16.5. The molecule has 1 N–H and O–H groups in total. The van der Waals surface area contributed by atoms with Crippen molar-refractivity contribution in [1.82, 2.24) is 20.0 Å². The maximum atomic E-state index is 13.1. The molecule has 4 rings (SSSR count). The van der Waals surface area contributed by atoms with Crippen LogP contribution in [0.25, 0.3) is 11.0 Å². The number of H-pyrrole nitrogens is 1. The van der Waals surface area contributed by atoms with Crippen molar-refractivity contribution in [2.24, 2.45) is 0 Å². The van der Waals surface area contributed by atoms with Crippen molar-refractivity contribution >= 4 is 32.7 Å². The van der Waals surface area contributed by atoms with Gasteiger partial charge in [-0.2, -0.15) is 0 Å². The van der Waals surface area contributed by atoms with Gasteiger partial charge in [0, 0.05) is 32.2 Å². The monoisotopic (exact) mass is 426 g/mol. The van der Waals surface area contributed by atoms with E-state index in [1.807, 2.05) is 24.3 Å². The third-order valence-electron chi connectivity index (χ3n) is 5.08. The topological polar surface area (TPSA) is 103 Å². The van der Waals surface area contributed by atoms with Crippen molar-refractivity contribution in [1.29, 1.82) is 0 Å². The van der Waals surface area contributed by atoms with E-state index >= 15 is 0 Å². The number of aryl methyl sites for hydroxylation is 1. The predicted octanol–water partition coefficient (Wildman–Crippen LogP) is 2.19. The number of nitrogens with one attached hydrogen (secondary N) is 1. The molecule has 0 aliphatic carbocycles. The molecular weight excluding hydrogens is 404 g/mol. The highest BCUT2D eigenvalue weighted by atomic mass is 32.2. The second kappa shape index (κ2) is 7.91. The molecule has 1 fully saturated rings. The zero-order valence-corrected chi connectivity index (χ0v) is 17.4. The van der Waals surface area contributed by atoms with Gasteiger partial charge in [0.25, 0.3) is 5.91 Å². The Balaban J connectivity index is 1.49. The van der Waals surface area contributed by atoms with Gasteiger partial charge in [0.15, 0.2) is 9.84 Å². The molecule has 1 aromatic heterocycles. The number of aromatic nitrogens is 2. The summed E-state index contributed by atoms with van der Waals surface area (Å²) in [5, 5.41) is 2.77. The summed E-state index contributed by atoms with van der Waals surface area (Å²) in [6.45, 7) is 0.791. The van der Waals surface area contributed by atoms with Gasteiger partial charge in [-0.1, -0.05) is 24.3 Å². The first-order valence-electron chi connectivity index (χ1n) is 9.69. The molecular formula is C21H22N4O4S. The average Bonchev–Trinajstić information content (AvgIpc) is 3.37. The van der Waals surface area contributed by atoms with Crippen LogP contribution in [0.1, 0.15) is 29.0 Å². The number of hydrogen-bond donors (Lipinski definition) is 1. The standard InChI is InChI=1S/C21H22N4O4S/c1-30(28,29)18-10-5-2-7-15(18)21(27)25-14-6-13-24(25)20(26)12-11-19-22-16-8-3-4-9-17(16)23-19/h2-5,7-10H,6,11-14H2,1H3,(H,22,23). The summed E-state index contributed by atoms with van der Waals surface area (Å²) in [7, 11) is -3.57. The summed E-state index contributed by atoms with van der Waals surface area (Å²) in [6.07, 6.45) is 2.33. The smallest absolute Gasteiger partial charge is 0.273 e. The molecule has 0 saturated carbocycles. The van der Waals surface area contributed by atoms with Crippen LogP contribution in [0.4, 0.5) is 0 Å². The number of para-hydroxylation sites is 2. The number of fused-ring (bicyclic) bond motifs is 1. The number of sulfone groups is 1. The molecule has 0 spiro atoms. The van der Waals surface area contributed by atoms with E-state index in [4.69, 9.17) is 0 Å². The average molecular weight is 426 g/mol. The Bertz CT molecular complexity index is 1190. The lowest BCUT2D eigenvalue weighted by atomic mass is 10.2. The fraction of sp³-hybridized carbons (Fsp3) is 0.286. The Hall–Kier alpha value is -3.20. The van der Waals surface area contributed by atoms with E-state index in [1.165, 1.54) is 22.2 Å². The van der Waals surface area contributed by atoms with E-state index in [1.54, 1.807) is 12.1 Å². The Morgan fingerprint density at radius 1 is 1.03 bits per heavy atom. The molecule has 0 unspecified atom stereocenters. The van der Waals surface area contributed by atoms with Crippen molar-refractivity contribution in [2.45, 2.75) is 24.2 Å². The number of carbonyl (C=O) groups is 2. The molecule has 2 heterocycles. The van der Waals surface area contributed by atoms with Crippen LogP contribution < -0.4 is 0 Å². The molecule has 2 amide bonds. The molecule has 0 radical (unpaired) electrons. The Kier molecular flexibility index (Phi) is 5.29. The van der Waals surface area contributed by atoms with E-state index < -0.39 is 15.7 Å². The van der Waals surface area contributed by atoms with Gasteiger partial charge in [-0.3, -0.25) is 14.6 Å². The molecule has 156 valence electrons. The number of benzene rings is 2. The van der Waals surface area contributed by atoms with Crippen LogP contribution in [-0.4, -0.2) is 59.6 Å². The van der Waals surface area contributed by atoms with Gasteiger partial charge in [0.1, 0.15) is 5.82 Å². The quantitative estimate of drug-likeness (QED) is 0.674. The second-order valence-corrected chi connectivity index (χ2v) is 9.25. The number of aromatic amines is 1. The van der Waals surface area contributed by atoms with Gasteiger partial charge in [-0.25, -0.2) is 18.4 Å². The Morgan fingerprint density at radius 2 is 1.73 bits per heavy atom. The van der Waals surface area contributed by atoms with Crippen LogP contribution >= 0.6 is 0 Å². The second-order valence-electron chi connectivity index (χ2n) is 7.27. The van der Waals surface area contributed by atoms with E-state index in [0.29, 0.717) is 31.8 Å². The fourth-order valence-corrected chi connectivity index (χ4v) is 4.55. The predicted molar refractivity (Wildman–Crippen MR) is 111 cm³/mol. The third-order valence-corrected chi connectivity index (χ3v) is 6.24. The highest BCUT2D eigenvalue weighted by Gasteiger charge is 2.33. The Labute approximate surface area is 174 Å². The molecule has 1 aliphatic rings. The molecule has 8 nitrogen and oxygen atoms in total. The van der Waals surface area contributed by atoms with E-state index in [-0.39, 0.29) is 22.8 Å². The number of amides is 2. The lowest BCUT2D eigenvalue weighted by molar-refractivity contribution is -0.140. The molecule has 9 heteroatoms. The summed E-state index contributed by atoms with van der Waals surface area (Å²) < 4.78 is 24.1. The molecule has 1 saturated heterocycles. The minimum atomic E-state index is -3.57. The number of hydrazine groups is 1. The van der Waals surface area contributed by atoms with Crippen LogP contribution in [0.15, 0.2) is 53.4 Å². The fourth-order valence-electron chi connectivity index (χ4n) is 3.67. The van der Waals surface area contributed by atoms with Crippen LogP contribution in [0.3, 0.4) is 0 Å². The number of imidazole rings is 1. The molecule has 30 heavy (non-hydrogen) atoms. The third kappa shape index (κ3) is 3.93. The molecule has 2 aromatic carbocycles. The van der Waals surface area contributed by atoms with Crippen molar-refractivity contribution in [2.75, 3.05) is 19.3 Å². The Morgan fingerprint density at radius 3 is 2.50 bits per heavy atom. The van der Waals surface area contributed by atoms with Gasteiger partial charge in [0.05, 0.1) is 21.5 Å². The number of carbonyl (C=O) groups excluding carboxylic acids is 2. The largest absolute Gasteiger partial charge is 0.342 e. The highest BCUT2D eigenvalue weighted by molar-refractivity contribution is 7.90. The van der Waals surface area contributed by atoms with Crippen LogP contribution in [0.5, 0.6) is 0 Å². The maximum Gasteiger partial charge on any atom is 0.273 e. The molecule has 1 aliphatic heterocycles. The van der Waals surface area contributed by atoms with Gasteiger partial charge in [0.2, 0.25) is 5.91 Å². The first-order chi connectivity index (χ1) is 14.3. The summed E-state index contributed by atoms with van der Waals surface area (Å²) >= 11 is 0. The number of hydrogen-bond acceptors (Lipinski definition) is 5. The summed E-state index contributed by atoms with van der Waals surface area (Å²) in [5.74, 6) is 0.0350. The first kappa shape index (κ1) is 20.1. The first-order valence-corrected chi connectivity index (χ1v) is 11.6. The maximum absolute atomic E-state index is 13.1. The van der Waals surface area contributed by atoms with Crippen molar-refractivity contribution in [3.63, 3.8) is 0 Å². The van der Waals surface area contributed by atoms with E-state index in [0.717, 1.165) is 17.3 Å². The van der Waals surface area contributed by atoms with Crippen molar-refractivity contribution < 1.29 is 18.0 Å². The van der Waals surface area contributed by atoms with Crippen molar-refractivity contribution in [3.05, 3.63) is 59.9 Å². The normalized spacial score (nSPS) is 14.4. The lowest BCUT2D eigenvalue weighted by Gasteiger charge is -2.28. The summed E-state index contributed by atoms with van der Waals surface area (Å²) in [6, 6.07) is 13.7. The van der Waals surface area contributed by atoms with Gasteiger partial charge >= 0.3 is 0 Å². The SMILES string of the molecule is CS(=O)(=O)c1ccccc1C(=O)N1CCCN1C(=O)CCc1nc2ccccc2[nH]1. The molecule has 0 bridgehead atoms. The number of rotatable bonds is 5. The summed E-state index contributed by atoms with van der Waals surface area (Å²) in [4.78, 5) is 33.5. The van der Waals surface area contributed by atoms with Crippen molar-refractivity contribution in [3.8, 4) is 0 Å². The van der Waals surface area contributed by atoms with Gasteiger partial charge in [-0.15, -0.1) is 0 Å². The lowest BCUT2D eigenvalue weighted by Crippen LogP contribution is -2.45. The van der Waals surface area contributed by atoms with Crippen LogP contribution in [0, 0.1) is 0 Å². The minimum Gasteiger partial charge on any atom is -0.342 e. The van der Waals surface area contributed by atoms with E-state index in [2.05, 4.69) is 9.97 Å². The number of nitrogens with zero attached hydrogens (tertiary/aromatic N) is 3.